The van der Waals surface area contributed by atoms with E-state index in [4.69, 9.17) is 0 Å². The molecule has 4 nitrogen and oxygen atoms in total. The molecule has 82 valence electrons. The smallest absolute Gasteiger partial charge is 0.193 e. The van der Waals surface area contributed by atoms with Gasteiger partial charge in [-0.2, -0.15) is 0 Å². The third-order valence-corrected chi connectivity index (χ3v) is 2.81. The third kappa shape index (κ3) is 2.77. The molecule has 2 aromatic rings. The van der Waals surface area contributed by atoms with Gasteiger partial charge in [0.15, 0.2) is 5.16 Å². The molecule has 1 N–H and O–H groups in total. The maximum Gasteiger partial charge on any atom is 0.193 e. The predicted octanol–water partition coefficient (Wildman–Crippen LogP) is 2.08. The number of hydrogen-bond acceptors (Lipinski definition) is 5. The van der Waals surface area contributed by atoms with Crippen molar-refractivity contribution < 1.29 is 5.11 Å². The average Bonchev–Trinajstić information content (AvgIpc) is 2.30. The number of pyridine rings is 1. The van der Waals surface area contributed by atoms with Crippen LogP contribution in [0, 0.1) is 0 Å². The summed E-state index contributed by atoms with van der Waals surface area (Å²) in [5.41, 5.74) is 0.841. The minimum absolute atomic E-state index is 0.487. The average molecular weight is 233 g/mol. The molecule has 5 heteroatoms. The Balaban J connectivity index is 2.19. The topological polar surface area (TPSA) is 58.9 Å². The number of rotatable bonds is 3. The van der Waals surface area contributed by atoms with Crippen molar-refractivity contribution in [3.63, 3.8) is 0 Å². The van der Waals surface area contributed by atoms with Crippen LogP contribution in [0.15, 0.2) is 47.0 Å². The largest absolute Gasteiger partial charge is 0.389 e. The molecule has 2 rings (SSSR count). The van der Waals surface area contributed by atoms with Crippen LogP contribution in [0.3, 0.4) is 0 Å². The van der Waals surface area contributed by atoms with Crippen molar-refractivity contribution in [1.82, 2.24) is 15.0 Å². The summed E-state index contributed by atoms with van der Waals surface area (Å²) in [6, 6.07) is 5.40. The zero-order valence-electron chi connectivity index (χ0n) is 8.74. The van der Waals surface area contributed by atoms with Crippen LogP contribution in [-0.4, -0.2) is 20.1 Å². The number of nitrogens with zero attached hydrogens (tertiary/aromatic N) is 3. The lowest BCUT2D eigenvalue weighted by Gasteiger charge is -2.05. The van der Waals surface area contributed by atoms with Crippen molar-refractivity contribution in [1.29, 1.82) is 0 Å². The summed E-state index contributed by atoms with van der Waals surface area (Å²) < 4.78 is 0. The van der Waals surface area contributed by atoms with E-state index in [2.05, 4.69) is 15.0 Å². The van der Waals surface area contributed by atoms with Gasteiger partial charge in [0, 0.05) is 18.6 Å². The monoisotopic (exact) mass is 233 g/mol. The van der Waals surface area contributed by atoms with Crippen LogP contribution in [0.2, 0.25) is 0 Å². The number of aromatic nitrogens is 3. The van der Waals surface area contributed by atoms with Gasteiger partial charge in [0.25, 0.3) is 0 Å². The van der Waals surface area contributed by atoms with Crippen LogP contribution in [0.5, 0.6) is 0 Å². The highest BCUT2D eigenvalue weighted by atomic mass is 32.2. The summed E-state index contributed by atoms with van der Waals surface area (Å²) in [7, 11) is 0. The number of hydrogen-bond donors (Lipinski definition) is 1. The molecule has 0 fully saturated rings. The first-order chi connectivity index (χ1) is 7.75. The van der Waals surface area contributed by atoms with Gasteiger partial charge in [-0.25, -0.2) is 15.0 Å². The van der Waals surface area contributed by atoms with Gasteiger partial charge < -0.3 is 5.11 Å². The summed E-state index contributed by atoms with van der Waals surface area (Å²) in [5.74, 6) is 0. The summed E-state index contributed by atoms with van der Waals surface area (Å²) in [4.78, 5) is 12.4. The van der Waals surface area contributed by atoms with Crippen molar-refractivity contribution in [2.45, 2.75) is 23.2 Å². The van der Waals surface area contributed by atoms with Gasteiger partial charge in [-0.3, -0.25) is 0 Å². The van der Waals surface area contributed by atoms with E-state index in [1.807, 2.05) is 6.07 Å². The van der Waals surface area contributed by atoms with E-state index in [0.29, 0.717) is 5.16 Å². The molecule has 1 atom stereocenters. The summed E-state index contributed by atoms with van der Waals surface area (Å²) in [6.45, 7) is 1.72. The standard InChI is InChI=1S/C11H11N3OS/c1-8(15)9-3-6-12-10(7-9)16-11-13-4-2-5-14-11/h2-8,15H,1H3/t8-/m1/s1. The first-order valence-electron chi connectivity index (χ1n) is 4.84. The molecule has 0 aliphatic heterocycles. The molecule has 0 aliphatic carbocycles. The van der Waals surface area contributed by atoms with E-state index >= 15 is 0 Å². The Labute approximate surface area is 97.8 Å². The number of aliphatic hydroxyl groups excluding tert-OH is 1. The molecule has 0 amide bonds. The van der Waals surface area contributed by atoms with Crippen LogP contribution >= 0.6 is 11.8 Å². The van der Waals surface area contributed by atoms with Crippen molar-refractivity contribution >= 4 is 11.8 Å². The molecular formula is C11H11N3OS. The minimum atomic E-state index is -0.487. The van der Waals surface area contributed by atoms with E-state index < -0.39 is 6.10 Å². The molecule has 0 bridgehead atoms. The quantitative estimate of drug-likeness (QED) is 0.822. The van der Waals surface area contributed by atoms with Crippen LogP contribution in [-0.2, 0) is 0 Å². The highest BCUT2D eigenvalue weighted by Gasteiger charge is 2.05. The molecule has 0 saturated heterocycles. The highest BCUT2D eigenvalue weighted by Crippen LogP contribution is 2.24. The zero-order valence-corrected chi connectivity index (χ0v) is 9.56. The maximum absolute atomic E-state index is 9.45. The van der Waals surface area contributed by atoms with Crippen LogP contribution < -0.4 is 0 Å². The summed E-state index contributed by atoms with van der Waals surface area (Å²) in [6.07, 6.45) is 4.56. The third-order valence-electron chi connectivity index (χ3n) is 1.98. The lowest BCUT2D eigenvalue weighted by atomic mass is 10.2. The second kappa shape index (κ2) is 5.05. The molecule has 0 saturated carbocycles. The van der Waals surface area contributed by atoms with Gasteiger partial charge in [0.1, 0.15) is 5.03 Å². The molecule has 0 spiro atoms. The van der Waals surface area contributed by atoms with Crippen molar-refractivity contribution in [3.8, 4) is 0 Å². The van der Waals surface area contributed by atoms with Crippen molar-refractivity contribution in [2.24, 2.45) is 0 Å². The van der Waals surface area contributed by atoms with Gasteiger partial charge in [0.2, 0.25) is 0 Å². The Morgan fingerprint density at radius 2 is 1.94 bits per heavy atom. The first-order valence-corrected chi connectivity index (χ1v) is 5.66. The second-order valence-electron chi connectivity index (χ2n) is 3.24. The normalized spacial score (nSPS) is 12.4. The van der Waals surface area contributed by atoms with Gasteiger partial charge in [-0.1, -0.05) is 0 Å². The molecule has 0 radical (unpaired) electrons. The Kier molecular flexibility index (Phi) is 3.48. The van der Waals surface area contributed by atoms with Gasteiger partial charge in [-0.15, -0.1) is 0 Å². The summed E-state index contributed by atoms with van der Waals surface area (Å²) in [5, 5.41) is 10.9. The van der Waals surface area contributed by atoms with Crippen molar-refractivity contribution in [3.05, 3.63) is 42.4 Å². The molecule has 0 aromatic carbocycles. The molecule has 0 aliphatic rings. The van der Waals surface area contributed by atoms with Crippen LogP contribution in [0.4, 0.5) is 0 Å². The molecule has 16 heavy (non-hydrogen) atoms. The first kappa shape index (κ1) is 11.0. The van der Waals surface area contributed by atoms with Gasteiger partial charge >= 0.3 is 0 Å². The Morgan fingerprint density at radius 3 is 2.62 bits per heavy atom. The Morgan fingerprint density at radius 1 is 1.19 bits per heavy atom. The highest BCUT2D eigenvalue weighted by molar-refractivity contribution is 7.99. The fraction of sp³-hybridized carbons (Fsp3) is 0.182. The summed E-state index contributed by atoms with van der Waals surface area (Å²) >= 11 is 1.37. The maximum atomic E-state index is 9.45. The van der Waals surface area contributed by atoms with E-state index in [1.165, 1.54) is 11.8 Å². The van der Waals surface area contributed by atoms with Gasteiger partial charge in [0.05, 0.1) is 6.10 Å². The fourth-order valence-corrected chi connectivity index (χ4v) is 1.89. The van der Waals surface area contributed by atoms with E-state index in [1.54, 1.807) is 37.6 Å². The second-order valence-corrected chi connectivity index (χ2v) is 4.22. The number of aliphatic hydroxyl groups is 1. The predicted molar refractivity (Wildman–Crippen MR) is 61.0 cm³/mol. The fourth-order valence-electron chi connectivity index (χ4n) is 1.17. The van der Waals surface area contributed by atoms with E-state index in [9.17, 15) is 5.11 Å². The molecule has 2 aromatic heterocycles. The van der Waals surface area contributed by atoms with Crippen LogP contribution in [0.1, 0.15) is 18.6 Å². The van der Waals surface area contributed by atoms with Gasteiger partial charge in [-0.05, 0) is 42.4 Å². The zero-order chi connectivity index (χ0) is 11.4. The van der Waals surface area contributed by atoms with Crippen molar-refractivity contribution in [2.75, 3.05) is 0 Å². The lowest BCUT2D eigenvalue weighted by molar-refractivity contribution is 0.199. The Bertz CT molecular complexity index is 462. The lowest BCUT2D eigenvalue weighted by Crippen LogP contribution is -1.92. The SMILES string of the molecule is C[C@@H](O)c1ccnc(Sc2ncccn2)c1. The molecule has 2 heterocycles. The van der Waals surface area contributed by atoms with E-state index in [-0.39, 0.29) is 0 Å². The van der Waals surface area contributed by atoms with E-state index in [0.717, 1.165) is 10.6 Å². The Hall–Kier alpha value is -1.46. The molecular weight excluding hydrogens is 222 g/mol. The van der Waals surface area contributed by atoms with Crippen LogP contribution in [0.25, 0.3) is 0 Å². The minimum Gasteiger partial charge on any atom is -0.389 e. The molecule has 0 unspecified atom stereocenters.